The fraction of sp³-hybridized carbons (Fsp3) is 0.296. The quantitative estimate of drug-likeness (QED) is 0.573. The number of aryl methyl sites for hydroxylation is 2. The van der Waals surface area contributed by atoms with Crippen molar-refractivity contribution in [1.29, 1.82) is 0 Å². The Balaban J connectivity index is 1.43. The maximum Gasteiger partial charge on any atom is 0.309 e. The highest BCUT2D eigenvalue weighted by Crippen LogP contribution is 2.33. The minimum atomic E-state index is -0.123. The molecule has 5 heteroatoms. The number of nitrogens with zero attached hydrogens (tertiary/aromatic N) is 3. The number of carbonyl (C=O) groups excluding carboxylic acids is 1. The molecule has 5 rings (SSSR count). The molecule has 0 N–H and O–H groups in total. The zero-order chi connectivity index (χ0) is 21.9. The Hall–Kier alpha value is -3.47. The molecule has 162 valence electrons. The highest BCUT2D eigenvalue weighted by molar-refractivity contribution is 6.03. The van der Waals surface area contributed by atoms with E-state index in [1.807, 2.05) is 53.2 Å². The number of benzene rings is 2. The first-order chi connectivity index (χ1) is 15.7. The van der Waals surface area contributed by atoms with Gasteiger partial charge in [-0.15, -0.1) is 0 Å². The SMILES string of the molecule is COc1ccc([C@@H]2CC(c3ccccc3)=NN2C(=O)C[n+]2ccc3c(c2)CCCC3)cc1. The maximum atomic E-state index is 13.4. The van der Waals surface area contributed by atoms with E-state index in [1.165, 1.54) is 24.0 Å². The van der Waals surface area contributed by atoms with E-state index in [-0.39, 0.29) is 18.5 Å². The van der Waals surface area contributed by atoms with Crippen molar-refractivity contribution in [2.45, 2.75) is 44.7 Å². The first-order valence-electron chi connectivity index (χ1n) is 11.3. The third-order valence-corrected chi connectivity index (χ3v) is 6.43. The van der Waals surface area contributed by atoms with E-state index in [2.05, 4.69) is 24.4 Å². The van der Waals surface area contributed by atoms with E-state index in [9.17, 15) is 4.79 Å². The van der Waals surface area contributed by atoms with Gasteiger partial charge in [0.25, 0.3) is 0 Å². The van der Waals surface area contributed by atoms with Gasteiger partial charge in [-0.05, 0) is 54.5 Å². The van der Waals surface area contributed by atoms with Gasteiger partial charge in [0.05, 0.1) is 18.9 Å². The topological polar surface area (TPSA) is 45.8 Å². The smallest absolute Gasteiger partial charge is 0.309 e. The Labute approximate surface area is 189 Å². The number of ether oxygens (including phenoxy) is 1. The molecule has 2 aliphatic rings. The third kappa shape index (κ3) is 4.15. The second-order valence-electron chi connectivity index (χ2n) is 8.52. The van der Waals surface area contributed by atoms with Crippen LogP contribution in [0.2, 0.25) is 0 Å². The van der Waals surface area contributed by atoms with Gasteiger partial charge >= 0.3 is 5.91 Å². The molecule has 3 aromatic rings. The van der Waals surface area contributed by atoms with Crippen LogP contribution in [-0.2, 0) is 24.2 Å². The molecule has 0 saturated heterocycles. The number of hydrogen-bond acceptors (Lipinski definition) is 3. The number of methoxy groups -OCH3 is 1. The number of aromatic nitrogens is 1. The summed E-state index contributed by atoms with van der Waals surface area (Å²) in [5.74, 6) is 0.802. The molecule has 0 saturated carbocycles. The normalized spacial score (nSPS) is 17.6. The summed E-state index contributed by atoms with van der Waals surface area (Å²) in [6, 6.07) is 20.1. The number of rotatable bonds is 5. The molecule has 2 aromatic carbocycles. The molecule has 5 nitrogen and oxygen atoms in total. The summed E-state index contributed by atoms with van der Waals surface area (Å²) in [6.45, 7) is 0.283. The van der Waals surface area contributed by atoms with E-state index in [0.29, 0.717) is 6.42 Å². The molecule has 0 spiro atoms. The molecular weight excluding hydrogens is 398 g/mol. The number of hydrogen-bond donors (Lipinski definition) is 0. The monoisotopic (exact) mass is 426 g/mol. The minimum absolute atomic E-state index is 0.00231. The molecule has 0 fully saturated rings. The lowest BCUT2D eigenvalue weighted by Crippen LogP contribution is -2.43. The molecule has 1 aromatic heterocycles. The molecule has 0 unspecified atom stereocenters. The van der Waals surface area contributed by atoms with Crippen molar-refractivity contribution in [2.75, 3.05) is 7.11 Å². The van der Waals surface area contributed by atoms with Gasteiger partial charge in [-0.2, -0.15) is 9.67 Å². The minimum Gasteiger partial charge on any atom is -0.497 e. The number of carbonyl (C=O) groups is 1. The van der Waals surface area contributed by atoms with E-state index < -0.39 is 0 Å². The molecule has 1 aliphatic carbocycles. The van der Waals surface area contributed by atoms with Gasteiger partial charge < -0.3 is 4.74 Å². The van der Waals surface area contributed by atoms with Gasteiger partial charge in [0.15, 0.2) is 12.4 Å². The second-order valence-corrected chi connectivity index (χ2v) is 8.52. The summed E-state index contributed by atoms with van der Waals surface area (Å²) in [7, 11) is 1.66. The lowest BCUT2D eigenvalue weighted by molar-refractivity contribution is -0.685. The van der Waals surface area contributed by atoms with Gasteiger partial charge in [-0.25, -0.2) is 5.01 Å². The molecule has 1 amide bonds. The van der Waals surface area contributed by atoms with Crippen LogP contribution in [0.3, 0.4) is 0 Å². The number of amides is 1. The Morgan fingerprint density at radius 1 is 1.03 bits per heavy atom. The predicted octanol–water partition coefficient (Wildman–Crippen LogP) is 4.24. The van der Waals surface area contributed by atoms with Crippen molar-refractivity contribution < 1.29 is 14.1 Å². The standard InChI is InChI=1S/C27H28N3O2/c1-32-24-13-11-22(12-14-24)26-17-25(21-8-3-2-4-9-21)28-30(26)27(31)19-29-16-15-20-7-5-6-10-23(20)18-29/h2-4,8-9,11-16,18,26H,5-7,10,17,19H2,1H3/q+1/t26-/m0/s1. The third-order valence-electron chi connectivity index (χ3n) is 6.43. The van der Waals surface area contributed by atoms with Crippen molar-refractivity contribution in [2.24, 2.45) is 5.10 Å². The fourth-order valence-electron chi connectivity index (χ4n) is 4.68. The fourth-order valence-corrected chi connectivity index (χ4v) is 4.68. The van der Waals surface area contributed by atoms with Gasteiger partial charge in [0.1, 0.15) is 5.75 Å². The van der Waals surface area contributed by atoms with Crippen LogP contribution in [0.5, 0.6) is 5.75 Å². The second kappa shape index (κ2) is 8.95. The molecule has 32 heavy (non-hydrogen) atoms. The van der Waals surface area contributed by atoms with Crippen LogP contribution >= 0.6 is 0 Å². The summed E-state index contributed by atoms with van der Waals surface area (Å²) in [6.07, 6.45) is 9.58. The van der Waals surface area contributed by atoms with Crippen LogP contribution in [0.1, 0.15) is 47.6 Å². The van der Waals surface area contributed by atoms with Crippen molar-refractivity contribution in [3.63, 3.8) is 0 Å². The molecule has 0 radical (unpaired) electrons. The average molecular weight is 427 g/mol. The number of pyridine rings is 1. The Bertz CT molecular complexity index is 1140. The largest absolute Gasteiger partial charge is 0.497 e. The molecule has 1 atom stereocenters. The average Bonchev–Trinajstić information content (AvgIpc) is 3.30. The first-order valence-corrected chi connectivity index (χ1v) is 11.3. The van der Waals surface area contributed by atoms with E-state index in [4.69, 9.17) is 9.84 Å². The van der Waals surface area contributed by atoms with Crippen LogP contribution in [0, 0.1) is 0 Å². The van der Waals surface area contributed by atoms with Gasteiger partial charge in [-0.3, -0.25) is 4.79 Å². The lowest BCUT2D eigenvalue weighted by Gasteiger charge is -2.21. The van der Waals surface area contributed by atoms with Gasteiger partial charge in [0, 0.05) is 18.1 Å². The van der Waals surface area contributed by atoms with Crippen LogP contribution in [0.15, 0.2) is 78.2 Å². The van der Waals surface area contributed by atoms with Crippen molar-refractivity contribution in [1.82, 2.24) is 5.01 Å². The van der Waals surface area contributed by atoms with Gasteiger partial charge in [-0.1, -0.05) is 42.5 Å². The van der Waals surface area contributed by atoms with E-state index in [0.717, 1.165) is 35.4 Å². The number of hydrazone groups is 1. The Morgan fingerprint density at radius 2 is 1.78 bits per heavy atom. The summed E-state index contributed by atoms with van der Waals surface area (Å²) in [4.78, 5) is 13.4. The van der Waals surface area contributed by atoms with Crippen LogP contribution in [0.4, 0.5) is 0 Å². The number of fused-ring (bicyclic) bond motifs is 1. The highest BCUT2D eigenvalue weighted by Gasteiger charge is 2.34. The maximum absolute atomic E-state index is 13.4. The molecule has 1 aliphatic heterocycles. The Kier molecular flexibility index (Phi) is 5.71. The van der Waals surface area contributed by atoms with Crippen LogP contribution < -0.4 is 9.30 Å². The van der Waals surface area contributed by atoms with E-state index >= 15 is 0 Å². The van der Waals surface area contributed by atoms with E-state index in [1.54, 1.807) is 12.1 Å². The zero-order valence-corrected chi connectivity index (χ0v) is 18.4. The molecular formula is C27H28N3O2+. The molecule has 0 bridgehead atoms. The lowest BCUT2D eigenvalue weighted by atomic mass is 9.93. The predicted molar refractivity (Wildman–Crippen MR) is 123 cm³/mol. The highest BCUT2D eigenvalue weighted by atomic mass is 16.5. The zero-order valence-electron chi connectivity index (χ0n) is 18.4. The summed E-state index contributed by atoms with van der Waals surface area (Å²) in [5.41, 5.74) is 5.84. The van der Waals surface area contributed by atoms with Crippen molar-refractivity contribution in [3.05, 3.63) is 95.3 Å². The first kappa shape index (κ1) is 20.4. The summed E-state index contributed by atoms with van der Waals surface area (Å²) >= 11 is 0. The summed E-state index contributed by atoms with van der Waals surface area (Å²) < 4.78 is 7.32. The van der Waals surface area contributed by atoms with Gasteiger partial charge in [0.2, 0.25) is 6.54 Å². The summed E-state index contributed by atoms with van der Waals surface area (Å²) in [5, 5.41) is 6.48. The molecule has 2 heterocycles. The van der Waals surface area contributed by atoms with Crippen LogP contribution in [-0.4, -0.2) is 23.7 Å². The van der Waals surface area contributed by atoms with Crippen LogP contribution in [0.25, 0.3) is 0 Å². The van der Waals surface area contributed by atoms with Crippen molar-refractivity contribution >= 4 is 11.6 Å². The Morgan fingerprint density at radius 3 is 2.53 bits per heavy atom. The van der Waals surface area contributed by atoms with Crippen molar-refractivity contribution in [3.8, 4) is 5.75 Å².